The molecular formula is C27H21ClF6N2O4. The normalized spacial score (nSPS) is 18.5. The third-order valence-corrected chi connectivity index (χ3v) is 6.84. The molecule has 0 saturated carbocycles. The van der Waals surface area contributed by atoms with E-state index in [9.17, 15) is 41.0 Å². The number of hydrogen-bond acceptors (Lipinski definition) is 4. The standard InChI is InChI=1S/C27H21ClF6N2O4/c1-25(39)19-12-15(28)4-8-21(19)36(10-9-26(25,30)31)24(38)14-3-7-20(22(11-14)40-2)35-23(37)17-13-16(29)5-6-18(17)27(32,33)34/h3-8,11-13,39H,9-10H2,1-2H3,(H,35,37)/t25-/m1/s1. The largest absolute Gasteiger partial charge is 0.495 e. The molecule has 1 heterocycles. The van der Waals surface area contributed by atoms with Crippen molar-refractivity contribution in [1.29, 1.82) is 0 Å². The fourth-order valence-electron chi connectivity index (χ4n) is 4.38. The van der Waals surface area contributed by atoms with E-state index in [-0.39, 0.29) is 33.3 Å². The molecule has 0 aromatic heterocycles. The van der Waals surface area contributed by atoms with Gasteiger partial charge in [0, 0.05) is 29.1 Å². The van der Waals surface area contributed by atoms with Gasteiger partial charge in [-0.1, -0.05) is 11.6 Å². The summed E-state index contributed by atoms with van der Waals surface area (Å²) in [6.07, 6.45) is -5.81. The van der Waals surface area contributed by atoms with E-state index >= 15 is 0 Å². The quantitative estimate of drug-likeness (QED) is 0.336. The molecule has 1 aliphatic heterocycles. The summed E-state index contributed by atoms with van der Waals surface area (Å²) in [5.41, 5.74) is -5.45. The van der Waals surface area contributed by atoms with Crippen LogP contribution in [0, 0.1) is 5.82 Å². The van der Waals surface area contributed by atoms with Gasteiger partial charge in [0.1, 0.15) is 11.6 Å². The van der Waals surface area contributed by atoms with Gasteiger partial charge < -0.3 is 20.1 Å². The summed E-state index contributed by atoms with van der Waals surface area (Å²) in [5.74, 6) is -6.87. The van der Waals surface area contributed by atoms with Crippen LogP contribution in [-0.4, -0.2) is 36.5 Å². The summed E-state index contributed by atoms with van der Waals surface area (Å²) < 4.78 is 88.7. The molecule has 0 fully saturated rings. The minimum Gasteiger partial charge on any atom is -0.495 e. The first-order valence-electron chi connectivity index (χ1n) is 11.6. The number of fused-ring (bicyclic) bond motifs is 1. The van der Waals surface area contributed by atoms with Crippen molar-refractivity contribution in [2.24, 2.45) is 0 Å². The Morgan fingerprint density at radius 3 is 2.42 bits per heavy atom. The first-order chi connectivity index (χ1) is 18.6. The second-order valence-electron chi connectivity index (χ2n) is 9.20. The van der Waals surface area contributed by atoms with Gasteiger partial charge in [-0.3, -0.25) is 9.59 Å². The Morgan fingerprint density at radius 1 is 1.07 bits per heavy atom. The van der Waals surface area contributed by atoms with Crippen LogP contribution in [0.4, 0.5) is 37.7 Å². The van der Waals surface area contributed by atoms with Crippen LogP contribution in [-0.2, 0) is 11.8 Å². The van der Waals surface area contributed by atoms with Gasteiger partial charge in [0.15, 0.2) is 5.60 Å². The second-order valence-corrected chi connectivity index (χ2v) is 9.64. The summed E-state index contributed by atoms with van der Waals surface area (Å²) in [6, 6.07) is 8.84. The van der Waals surface area contributed by atoms with Gasteiger partial charge in [-0.2, -0.15) is 13.2 Å². The van der Waals surface area contributed by atoms with E-state index in [1.165, 1.54) is 31.4 Å². The Labute approximate surface area is 229 Å². The SMILES string of the molecule is COc1cc(C(=O)N2CCC(F)(F)[C@](C)(O)c3cc(Cl)ccc32)ccc1NC(=O)c1cc(F)ccc1C(F)(F)F. The average Bonchev–Trinajstić information content (AvgIpc) is 2.95. The Morgan fingerprint density at radius 2 is 1.77 bits per heavy atom. The molecule has 6 nitrogen and oxygen atoms in total. The average molecular weight is 587 g/mol. The summed E-state index contributed by atoms with van der Waals surface area (Å²) >= 11 is 5.99. The zero-order valence-electron chi connectivity index (χ0n) is 20.9. The molecule has 212 valence electrons. The molecule has 0 unspecified atom stereocenters. The number of anilines is 2. The zero-order valence-corrected chi connectivity index (χ0v) is 21.6. The summed E-state index contributed by atoms with van der Waals surface area (Å²) in [5, 5.41) is 13.0. The number of ether oxygens (including phenoxy) is 1. The number of halogens is 7. The Kier molecular flexibility index (Phi) is 7.54. The fraction of sp³-hybridized carbons (Fsp3) is 0.259. The minimum atomic E-state index is -4.93. The molecule has 3 aromatic carbocycles. The highest BCUT2D eigenvalue weighted by Gasteiger charge is 2.53. The van der Waals surface area contributed by atoms with Crippen molar-refractivity contribution in [3.63, 3.8) is 0 Å². The molecule has 2 N–H and O–H groups in total. The van der Waals surface area contributed by atoms with Crippen molar-refractivity contribution in [3.05, 3.63) is 87.7 Å². The van der Waals surface area contributed by atoms with Crippen LogP contribution in [0.2, 0.25) is 5.02 Å². The number of benzene rings is 3. The Hall–Kier alpha value is -3.77. The number of rotatable bonds is 4. The molecular weight excluding hydrogens is 566 g/mol. The smallest absolute Gasteiger partial charge is 0.417 e. The van der Waals surface area contributed by atoms with E-state index < -0.39 is 59.4 Å². The molecule has 1 atom stereocenters. The van der Waals surface area contributed by atoms with E-state index in [1.807, 2.05) is 0 Å². The van der Waals surface area contributed by atoms with Gasteiger partial charge in [0.2, 0.25) is 0 Å². The van der Waals surface area contributed by atoms with Crippen LogP contribution in [0.5, 0.6) is 5.75 Å². The topological polar surface area (TPSA) is 78.9 Å². The second kappa shape index (κ2) is 10.3. The van der Waals surface area contributed by atoms with Crippen LogP contribution in [0.15, 0.2) is 54.6 Å². The van der Waals surface area contributed by atoms with E-state index in [4.69, 9.17) is 16.3 Å². The molecule has 40 heavy (non-hydrogen) atoms. The number of methoxy groups -OCH3 is 1. The third-order valence-electron chi connectivity index (χ3n) is 6.61. The molecule has 0 saturated heterocycles. The van der Waals surface area contributed by atoms with Crippen molar-refractivity contribution in [2.75, 3.05) is 23.9 Å². The monoisotopic (exact) mass is 586 g/mol. The number of amides is 2. The Bertz CT molecular complexity index is 1490. The third kappa shape index (κ3) is 5.33. The summed E-state index contributed by atoms with van der Waals surface area (Å²) in [4.78, 5) is 27.2. The van der Waals surface area contributed by atoms with Crippen LogP contribution >= 0.6 is 11.6 Å². The van der Waals surface area contributed by atoms with Crippen LogP contribution in [0.3, 0.4) is 0 Å². The lowest BCUT2D eigenvalue weighted by Gasteiger charge is -2.32. The molecule has 1 aliphatic rings. The minimum absolute atomic E-state index is 0.00120. The maximum Gasteiger partial charge on any atom is 0.417 e. The highest BCUT2D eigenvalue weighted by atomic mass is 35.5. The van der Waals surface area contributed by atoms with Gasteiger partial charge in [-0.25, -0.2) is 13.2 Å². The fourth-order valence-corrected chi connectivity index (χ4v) is 4.55. The highest BCUT2D eigenvalue weighted by Crippen LogP contribution is 2.47. The van der Waals surface area contributed by atoms with Crippen LogP contribution in [0.25, 0.3) is 0 Å². The number of carbonyl (C=O) groups excluding carboxylic acids is 2. The highest BCUT2D eigenvalue weighted by molar-refractivity contribution is 6.30. The lowest BCUT2D eigenvalue weighted by Crippen LogP contribution is -2.42. The predicted molar refractivity (Wildman–Crippen MR) is 135 cm³/mol. The maximum absolute atomic E-state index is 14.9. The summed E-state index contributed by atoms with van der Waals surface area (Å²) in [7, 11) is 1.17. The predicted octanol–water partition coefficient (Wildman–Crippen LogP) is 6.65. The number of hydrogen-bond donors (Lipinski definition) is 2. The zero-order chi connectivity index (χ0) is 29.6. The lowest BCUT2D eigenvalue weighted by atomic mass is 9.87. The van der Waals surface area contributed by atoms with Crippen LogP contribution < -0.4 is 15.0 Å². The Balaban J connectivity index is 1.69. The molecule has 0 bridgehead atoms. The first-order valence-corrected chi connectivity index (χ1v) is 12.0. The van der Waals surface area contributed by atoms with Gasteiger partial charge in [0.05, 0.1) is 29.6 Å². The number of carbonyl (C=O) groups is 2. The number of nitrogens with one attached hydrogen (secondary N) is 1. The molecule has 2 amide bonds. The lowest BCUT2D eigenvalue weighted by molar-refractivity contribution is -0.177. The van der Waals surface area contributed by atoms with Gasteiger partial charge in [-0.05, 0) is 61.5 Å². The van der Waals surface area contributed by atoms with Gasteiger partial charge in [-0.15, -0.1) is 0 Å². The number of nitrogens with zero attached hydrogens (tertiary/aromatic N) is 1. The first kappa shape index (κ1) is 29.2. The molecule has 0 radical (unpaired) electrons. The van der Waals surface area contributed by atoms with E-state index in [0.717, 1.165) is 24.0 Å². The molecule has 3 aromatic rings. The van der Waals surface area contributed by atoms with E-state index in [2.05, 4.69) is 5.32 Å². The van der Waals surface area contributed by atoms with Crippen molar-refractivity contribution in [1.82, 2.24) is 0 Å². The van der Waals surface area contributed by atoms with E-state index in [1.54, 1.807) is 0 Å². The van der Waals surface area contributed by atoms with Crippen molar-refractivity contribution >= 4 is 34.8 Å². The van der Waals surface area contributed by atoms with Gasteiger partial charge >= 0.3 is 6.18 Å². The molecule has 4 rings (SSSR count). The maximum atomic E-state index is 14.9. The molecule has 0 spiro atoms. The van der Waals surface area contributed by atoms with Crippen LogP contribution in [0.1, 0.15) is 45.2 Å². The number of aliphatic hydroxyl groups is 1. The summed E-state index contributed by atoms with van der Waals surface area (Å²) in [6.45, 7) is 0.455. The van der Waals surface area contributed by atoms with Crippen molar-refractivity contribution in [3.8, 4) is 5.75 Å². The number of alkyl halides is 5. The molecule has 0 aliphatic carbocycles. The van der Waals surface area contributed by atoms with E-state index in [0.29, 0.717) is 18.2 Å². The van der Waals surface area contributed by atoms with Crippen molar-refractivity contribution < 1.29 is 45.8 Å². The van der Waals surface area contributed by atoms with Gasteiger partial charge in [0.25, 0.3) is 17.7 Å². The van der Waals surface area contributed by atoms with Crippen molar-refractivity contribution in [2.45, 2.75) is 31.0 Å². The molecule has 13 heteroatoms.